The van der Waals surface area contributed by atoms with Gasteiger partial charge in [0.1, 0.15) is 0 Å². The number of rotatable bonds is 2. The summed E-state index contributed by atoms with van der Waals surface area (Å²) in [5, 5.41) is 8.90. The van der Waals surface area contributed by atoms with E-state index in [4.69, 9.17) is 9.15 Å². The third-order valence-corrected chi connectivity index (χ3v) is 5.38. The monoisotopic (exact) mass is 510 g/mol. The highest BCUT2D eigenvalue weighted by molar-refractivity contribution is 9.10. The van der Waals surface area contributed by atoms with Gasteiger partial charge in [0.2, 0.25) is 23.2 Å². The quantitative estimate of drug-likeness (QED) is 0.456. The van der Waals surface area contributed by atoms with Crippen LogP contribution in [0, 0.1) is 0 Å². The molecule has 10 heteroatoms. The van der Waals surface area contributed by atoms with Crippen LogP contribution in [0.3, 0.4) is 0 Å². The molecule has 0 saturated heterocycles. The predicted molar refractivity (Wildman–Crippen MR) is 108 cm³/mol. The Hall–Kier alpha value is -1.91. The van der Waals surface area contributed by atoms with E-state index in [1.807, 2.05) is 24.5 Å². The second kappa shape index (κ2) is 7.25. The van der Waals surface area contributed by atoms with Crippen molar-refractivity contribution in [3.05, 3.63) is 45.2 Å². The Morgan fingerprint density at radius 1 is 1.22 bits per heavy atom. The zero-order valence-corrected chi connectivity index (χ0v) is 18.1. The van der Waals surface area contributed by atoms with E-state index in [9.17, 15) is 4.79 Å². The summed E-state index contributed by atoms with van der Waals surface area (Å²) in [6.45, 7) is 1.47. The van der Waals surface area contributed by atoms with E-state index in [0.717, 1.165) is 4.47 Å². The third-order valence-electron chi connectivity index (χ3n) is 3.93. The number of hydrogen-bond donors (Lipinski definition) is 0. The summed E-state index contributed by atoms with van der Waals surface area (Å²) >= 11 is 8.13. The van der Waals surface area contributed by atoms with Crippen molar-refractivity contribution >= 4 is 55.2 Å². The van der Waals surface area contributed by atoms with Crippen molar-refractivity contribution in [2.75, 3.05) is 11.2 Å². The topological polar surface area (TPSA) is 81.3 Å². The number of anilines is 1. The maximum atomic E-state index is 12.6. The summed E-state index contributed by atoms with van der Waals surface area (Å²) in [6, 6.07) is 9.04. The highest BCUT2D eigenvalue weighted by Gasteiger charge is 2.36. The van der Waals surface area contributed by atoms with Gasteiger partial charge in [-0.2, -0.15) is 4.98 Å². The van der Waals surface area contributed by atoms with Gasteiger partial charge in [0.05, 0.1) is 5.69 Å². The molecule has 0 fully saturated rings. The smallest absolute Gasteiger partial charge is 0.247 e. The summed E-state index contributed by atoms with van der Waals surface area (Å²) in [5.74, 6) is 0.542. The first-order valence-corrected chi connectivity index (χ1v) is 10.6. The molecule has 1 atom stereocenters. The highest BCUT2D eigenvalue weighted by atomic mass is 79.9. The molecule has 4 rings (SSSR count). The molecule has 3 aromatic rings. The average Bonchev–Trinajstić information content (AvgIpc) is 3.02. The molecule has 0 spiro atoms. The van der Waals surface area contributed by atoms with Crippen LogP contribution in [0.5, 0.6) is 5.88 Å². The molecule has 1 aliphatic heterocycles. The fraction of sp³-hybridized carbons (Fsp3) is 0.176. The van der Waals surface area contributed by atoms with Gasteiger partial charge in [-0.05, 0) is 52.5 Å². The van der Waals surface area contributed by atoms with Crippen LogP contribution < -0.4 is 9.64 Å². The highest BCUT2D eigenvalue weighted by Crippen LogP contribution is 2.44. The molecule has 7 nitrogen and oxygen atoms in total. The maximum Gasteiger partial charge on any atom is 0.247 e. The fourth-order valence-corrected chi connectivity index (χ4v) is 3.79. The number of ether oxygens (including phenoxy) is 1. The van der Waals surface area contributed by atoms with Gasteiger partial charge in [-0.15, -0.1) is 10.2 Å². The third kappa shape index (κ3) is 3.37. The van der Waals surface area contributed by atoms with Gasteiger partial charge in [0.25, 0.3) is 0 Å². The van der Waals surface area contributed by atoms with Crippen molar-refractivity contribution in [2.45, 2.75) is 18.3 Å². The number of amides is 1. The lowest BCUT2D eigenvalue weighted by Crippen LogP contribution is -2.35. The van der Waals surface area contributed by atoms with Crippen LogP contribution in [0.1, 0.15) is 18.9 Å². The van der Waals surface area contributed by atoms with Crippen molar-refractivity contribution in [1.29, 1.82) is 0 Å². The first-order valence-electron chi connectivity index (χ1n) is 7.78. The van der Waals surface area contributed by atoms with Crippen molar-refractivity contribution in [2.24, 2.45) is 0 Å². The number of carbonyl (C=O) groups excluding carboxylic acids is 1. The Bertz CT molecular complexity index is 1040. The molecule has 2 aromatic heterocycles. The Labute approximate surface area is 175 Å². The van der Waals surface area contributed by atoms with Crippen LogP contribution in [-0.2, 0) is 4.79 Å². The van der Waals surface area contributed by atoms with Gasteiger partial charge < -0.3 is 9.15 Å². The van der Waals surface area contributed by atoms with E-state index < -0.39 is 6.23 Å². The second-order valence-electron chi connectivity index (χ2n) is 5.61. The largest absolute Gasteiger partial charge is 0.448 e. The standard InChI is InChI=1S/C17H12Br2N4O3S/c1-8(24)23-11-4-3-9(18)7-10(11)14-15(20-17(27-2)22-21-14)26-16(23)12-5-6-13(19)25-12/h3-7,16H,1-2H3/t16-/m0/s1. The first kappa shape index (κ1) is 18.5. The number of carbonyl (C=O) groups is 1. The molecule has 0 radical (unpaired) electrons. The van der Waals surface area contributed by atoms with Crippen LogP contribution >= 0.6 is 43.6 Å². The van der Waals surface area contributed by atoms with Gasteiger partial charge >= 0.3 is 0 Å². The fourth-order valence-electron chi connectivity index (χ4n) is 2.81. The predicted octanol–water partition coefficient (Wildman–Crippen LogP) is 4.82. The molecule has 3 heterocycles. The van der Waals surface area contributed by atoms with Gasteiger partial charge in [0, 0.05) is 17.0 Å². The van der Waals surface area contributed by atoms with E-state index in [1.54, 1.807) is 12.1 Å². The number of halogens is 2. The summed E-state index contributed by atoms with van der Waals surface area (Å²) in [7, 11) is 0. The van der Waals surface area contributed by atoms with E-state index in [1.165, 1.54) is 23.6 Å². The number of thioether (sulfide) groups is 1. The molecule has 0 unspecified atom stereocenters. The van der Waals surface area contributed by atoms with Crippen molar-refractivity contribution < 1.29 is 13.9 Å². The van der Waals surface area contributed by atoms with Crippen molar-refractivity contribution in [1.82, 2.24) is 15.2 Å². The number of fused-ring (bicyclic) bond motifs is 3. The van der Waals surface area contributed by atoms with E-state index in [0.29, 0.717) is 32.5 Å². The molecule has 0 aliphatic carbocycles. The number of furan rings is 1. The average molecular weight is 512 g/mol. The van der Waals surface area contributed by atoms with Gasteiger partial charge in [-0.25, -0.2) is 0 Å². The minimum Gasteiger partial charge on any atom is -0.448 e. The molecule has 138 valence electrons. The molecule has 0 N–H and O–H groups in total. The van der Waals surface area contributed by atoms with Crippen molar-refractivity contribution in [3.63, 3.8) is 0 Å². The number of aromatic nitrogens is 3. The summed E-state index contributed by atoms with van der Waals surface area (Å²) in [4.78, 5) is 18.6. The Morgan fingerprint density at radius 3 is 2.70 bits per heavy atom. The Morgan fingerprint density at radius 2 is 2.04 bits per heavy atom. The van der Waals surface area contributed by atoms with Gasteiger partial charge in [-0.3, -0.25) is 9.69 Å². The molecular weight excluding hydrogens is 500 g/mol. The lowest BCUT2D eigenvalue weighted by atomic mass is 10.1. The van der Waals surface area contributed by atoms with Crippen LogP contribution in [-0.4, -0.2) is 27.3 Å². The number of benzene rings is 1. The molecule has 1 aromatic carbocycles. The zero-order valence-electron chi connectivity index (χ0n) is 14.1. The second-order valence-corrected chi connectivity index (χ2v) is 8.09. The van der Waals surface area contributed by atoms with E-state index in [-0.39, 0.29) is 11.8 Å². The van der Waals surface area contributed by atoms with Crippen LogP contribution in [0.25, 0.3) is 11.3 Å². The lowest BCUT2D eigenvalue weighted by Gasteiger charge is -2.28. The molecule has 27 heavy (non-hydrogen) atoms. The van der Waals surface area contributed by atoms with Crippen LogP contribution in [0.15, 0.2) is 49.0 Å². The Kier molecular flexibility index (Phi) is 4.95. The maximum absolute atomic E-state index is 12.6. The van der Waals surface area contributed by atoms with E-state index in [2.05, 4.69) is 47.0 Å². The Balaban J connectivity index is 2.00. The van der Waals surface area contributed by atoms with Gasteiger partial charge in [0.15, 0.2) is 16.1 Å². The van der Waals surface area contributed by atoms with Gasteiger partial charge in [-0.1, -0.05) is 27.7 Å². The molecule has 1 aliphatic rings. The number of nitrogens with zero attached hydrogens (tertiary/aromatic N) is 4. The normalized spacial score (nSPS) is 15.6. The van der Waals surface area contributed by atoms with Crippen LogP contribution in [0.2, 0.25) is 0 Å². The van der Waals surface area contributed by atoms with Crippen molar-refractivity contribution in [3.8, 4) is 17.1 Å². The summed E-state index contributed by atoms with van der Waals surface area (Å²) in [5.41, 5.74) is 1.79. The first-order chi connectivity index (χ1) is 13.0. The van der Waals surface area contributed by atoms with Crippen LogP contribution in [0.4, 0.5) is 5.69 Å². The minimum absolute atomic E-state index is 0.207. The SMILES string of the molecule is CSc1nnc2c(n1)O[C@@H](c1ccc(Br)o1)N(C(C)=O)c1ccc(Br)cc1-2. The molecule has 0 bridgehead atoms. The molecule has 0 saturated carbocycles. The lowest BCUT2D eigenvalue weighted by molar-refractivity contribution is -0.118. The molecular formula is C17H12Br2N4O3S. The zero-order chi connectivity index (χ0) is 19.1. The molecule has 1 amide bonds. The van der Waals surface area contributed by atoms with E-state index >= 15 is 0 Å². The summed E-state index contributed by atoms with van der Waals surface area (Å²) < 4.78 is 13.2. The minimum atomic E-state index is -0.832. The summed E-state index contributed by atoms with van der Waals surface area (Å²) in [6.07, 6.45) is 1.02. The number of hydrogen-bond acceptors (Lipinski definition) is 7.